The molecule has 0 fully saturated rings. The zero-order valence-corrected chi connectivity index (χ0v) is 12.3. The monoisotopic (exact) mass is 295 g/mol. The third-order valence-corrected chi connectivity index (χ3v) is 2.69. The largest absolute Gasteiger partial charge is 0.479 e. The molecule has 2 N–H and O–H groups in total. The highest BCUT2D eigenvalue weighted by molar-refractivity contribution is 5.89. The van der Waals surface area contributed by atoms with Crippen molar-refractivity contribution in [1.29, 1.82) is 0 Å². The molecule has 0 radical (unpaired) electrons. The van der Waals surface area contributed by atoms with Gasteiger partial charge in [0.25, 0.3) is 0 Å². The number of ether oxygens (including phenoxy) is 1. The number of rotatable bonds is 4. The number of carbonyl (C=O) groups is 1. The molecule has 0 saturated carbocycles. The summed E-state index contributed by atoms with van der Waals surface area (Å²) in [7, 11) is 0. The first-order valence-electron chi connectivity index (χ1n) is 6.85. The lowest BCUT2D eigenvalue weighted by atomic mass is 10.3. The van der Waals surface area contributed by atoms with Crippen molar-refractivity contribution in [3.63, 3.8) is 0 Å². The molecule has 2 rings (SSSR count). The zero-order chi connectivity index (χ0) is 15.6. The van der Waals surface area contributed by atoms with E-state index in [1.54, 1.807) is 6.20 Å². The molecular weight excluding hydrogens is 278 g/mol. The van der Waals surface area contributed by atoms with Crippen molar-refractivity contribution in [1.82, 2.24) is 10.3 Å². The van der Waals surface area contributed by atoms with Crippen molar-refractivity contribution in [3.8, 4) is 17.6 Å². The van der Waals surface area contributed by atoms with E-state index in [-0.39, 0.29) is 19.2 Å². The molecule has 0 spiro atoms. The maximum absolute atomic E-state index is 11.6. The summed E-state index contributed by atoms with van der Waals surface area (Å²) in [6.45, 7) is 2.43. The zero-order valence-electron chi connectivity index (χ0n) is 12.3. The normalized spacial score (nSPS) is 9.32. The Morgan fingerprint density at radius 3 is 2.73 bits per heavy atom. The van der Waals surface area contributed by atoms with Gasteiger partial charge in [0.2, 0.25) is 0 Å². The van der Waals surface area contributed by atoms with E-state index in [1.165, 1.54) is 0 Å². The maximum Gasteiger partial charge on any atom is 0.319 e. The molecule has 5 nitrogen and oxygen atoms in total. The number of aromatic nitrogens is 1. The summed E-state index contributed by atoms with van der Waals surface area (Å²) in [6, 6.07) is 12.7. The molecule has 1 aromatic carbocycles. The van der Waals surface area contributed by atoms with Gasteiger partial charge in [-0.1, -0.05) is 30.0 Å². The second-order valence-electron chi connectivity index (χ2n) is 4.45. The smallest absolute Gasteiger partial charge is 0.319 e. The number of amides is 2. The Balaban J connectivity index is 1.64. The topological polar surface area (TPSA) is 63.2 Å². The van der Waals surface area contributed by atoms with Crippen molar-refractivity contribution >= 4 is 11.7 Å². The standard InChI is InChI=1S/C17H17N3O2/c1-14-9-10-16(13-19-14)22-12-6-5-11-18-17(21)20-15-7-3-2-4-8-15/h2-4,7-10,13H,11-12H2,1H3,(H2,18,20,21). The summed E-state index contributed by atoms with van der Waals surface area (Å²) in [5, 5.41) is 5.35. The van der Waals surface area contributed by atoms with Gasteiger partial charge in [0.15, 0.2) is 0 Å². The molecule has 0 bridgehead atoms. The number of pyridine rings is 1. The molecule has 0 aliphatic carbocycles. The predicted molar refractivity (Wildman–Crippen MR) is 85.7 cm³/mol. The number of hydrogen-bond acceptors (Lipinski definition) is 3. The van der Waals surface area contributed by atoms with Crippen molar-refractivity contribution in [2.45, 2.75) is 6.92 Å². The van der Waals surface area contributed by atoms with E-state index in [9.17, 15) is 4.79 Å². The second kappa shape index (κ2) is 8.32. The van der Waals surface area contributed by atoms with Gasteiger partial charge in [-0.05, 0) is 31.2 Å². The first-order valence-corrected chi connectivity index (χ1v) is 6.85. The van der Waals surface area contributed by atoms with E-state index < -0.39 is 0 Å². The number of aryl methyl sites for hydroxylation is 1. The van der Waals surface area contributed by atoms with Crippen LogP contribution < -0.4 is 15.4 Å². The van der Waals surface area contributed by atoms with E-state index >= 15 is 0 Å². The van der Waals surface area contributed by atoms with Crippen LogP contribution in [0.3, 0.4) is 0 Å². The van der Waals surface area contributed by atoms with Crippen LogP contribution in [0.2, 0.25) is 0 Å². The molecule has 2 amide bonds. The lowest BCUT2D eigenvalue weighted by molar-refractivity contribution is 0.253. The minimum absolute atomic E-state index is 0.257. The van der Waals surface area contributed by atoms with Crippen LogP contribution >= 0.6 is 0 Å². The predicted octanol–water partition coefficient (Wildman–Crippen LogP) is 2.59. The Labute approximate surface area is 129 Å². The SMILES string of the molecule is Cc1ccc(OCC#CCNC(=O)Nc2ccccc2)cn1. The van der Waals surface area contributed by atoms with Gasteiger partial charge < -0.3 is 15.4 Å². The van der Waals surface area contributed by atoms with Crippen LogP contribution in [-0.4, -0.2) is 24.2 Å². The number of para-hydroxylation sites is 1. The molecule has 0 aliphatic heterocycles. The van der Waals surface area contributed by atoms with E-state index in [0.29, 0.717) is 5.75 Å². The Morgan fingerprint density at radius 2 is 2.00 bits per heavy atom. The lowest BCUT2D eigenvalue weighted by Crippen LogP contribution is -2.28. The molecule has 2 aromatic rings. The van der Waals surface area contributed by atoms with Crippen LogP contribution in [0.4, 0.5) is 10.5 Å². The molecule has 5 heteroatoms. The molecule has 0 saturated heterocycles. The first-order chi connectivity index (χ1) is 10.7. The summed E-state index contributed by atoms with van der Waals surface area (Å²) in [6.07, 6.45) is 1.66. The number of nitrogens with one attached hydrogen (secondary N) is 2. The number of carbonyl (C=O) groups excluding carboxylic acids is 1. The maximum atomic E-state index is 11.6. The Morgan fingerprint density at radius 1 is 1.18 bits per heavy atom. The fourth-order valence-electron chi connectivity index (χ4n) is 1.59. The van der Waals surface area contributed by atoms with Gasteiger partial charge in [-0.2, -0.15) is 0 Å². The van der Waals surface area contributed by atoms with Gasteiger partial charge in [0.05, 0.1) is 12.7 Å². The van der Waals surface area contributed by atoms with Crippen molar-refractivity contribution in [2.75, 3.05) is 18.5 Å². The van der Waals surface area contributed by atoms with Gasteiger partial charge in [0, 0.05) is 11.4 Å². The number of hydrogen-bond donors (Lipinski definition) is 2. The Hall–Kier alpha value is -3.00. The van der Waals surface area contributed by atoms with E-state index in [0.717, 1.165) is 11.4 Å². The summed E-state index contributed by atoms with van der Waals surface area (Å²) < 4.78 is 5.40. The summed E-state index contributed by atoms with van der Waals surface area (Å²) in [4.78, 5) is 15.7. The molecule has 22 heavy (non-hydrogen) atoms. The van der Waals surface area contributed by atoms with E-state index in [2.05, 4.69) is 27.5 Å². The van der Waals surface area contributed by atoms with Gasteiger partial charge in [0.1, 0.15) is 12.4 Å². The van der Waals surface area contributed by atoms with Crippen molar-refractivity contribution < 1.29 is 9.53 Å². The number of anilines is 1. The summed E-state index contributed by atoms with van der Waals surface area (Å²) in [5.41, 5.74) is 1.68. The van der Waals surface area contributed by atoms with Crippen LogP contribution in [0.25, 0.3) is 0 Å². The molecule has 0 unspecified atom stereocenters. The van der Waals surface area contributed by atoms with Crippen LogP contribution in [0, 0.1) is 18.8 Å². The van der Waals surface area contributed by atoms with Crippen LogP contribution in [0.15, 0.2) is 48.7 Å². The number of benzene rings is 1. The Kier molecular flexibility index (Phi) is 5.82. The average Bonchev–Trinajstić information content (AvgIpc) is 2.53. The van der Waals surface area contributed by atoms with E-state index in [1.807, 2.05) is 49.4 Å². The number of nitrogens with zero attached hydrogens (tertiary/aromatic N) is 1. The molecule has 0 aliphatic rings. The van der Waals surface area contributed by atoms with Gasteiger partial charge in [-0.3, -0.25) is 4.98 Å². The molecular formula is C17H17N3O2. The molecule has 112 valence electrons. The van der Waals surface area contributed by atoms with Crippen LogP contribution in [0.1, 0.15) is 5.69 Å². The lowest BCUT2D eigenvalue weighted by Gasteiger charge is -2.04. The first kappa shape index (κ1) is 15.4. The van der Waals surface area contributed by atoms with Crippen molar-refractivity contribution in [2.24, 2.45) is 0 Å². The van der Waals surface area contributed by atoms with Gasteiger partial charge >= 0.3 is 6.03 Å². The fourth-order valence-corrected chi connectivity index (χ4v) is 1.59. The average molecular weight is 295 g/mol. The highest BCUT2D eigenvalue weighted by Crippen LogP contribution is 2.07. The molecule has 0 atom stereocenters. The third-order valence-electron chi connectivity index (χ3n) is 2.69. The van der Waals surface area contributed by atoms with Crippen LogP contribution in [-0.2, 0) is 0 Å². The third kappa shape index (κ3) is 5.55. The quantitative estimate of drug-likeness (QED) is 0.852. The summed E-state index contributed by atoms with van der Waals surface area (Å²) >= 11 is 0. The highest BCUT2D eigenvalue weighted by Gasteiger charge is 1.97. The minimum atomic E-state index is -0.288. The van der Waals surface area contributed by atoms with Crippen LogP contribution in [0.5, 0.6) is 5.75 Å². The molecule has 1 heterocycles. The second-order valence-corrected chi connectivity index (χ2v) is 4.45. The van der Waals surface area contributed by atoms with E-state index in [4.69, 9.17) is 4.74 Å². The highest BCUT2D eigenvalue weighted by atomic mass is 16.5. The Bertz CT molecular complexity index is 658. The molecule has 1 aromatic heterocycles. The summed E-state index contributed by atoms with van der Waals surface area (Å²) in [5.74, 6) is 6.32. The fraction of sp³-hybridized carbons (Fsp3) is 0.176. The van der Waals surface area contributed by atoms with Gasteiger partial charge in [-0.15, -0.1) is 0 Å². The van der Waals surface area contributed by atoms with Crippen molar-refractivity contribution in [3.05, 3.63) is 54.4 Å². The minimum Gasteiger partial charge on any atom is -0.479 e. The van der Waals surface area contributed by atoms with Gasteiger partial charge in [-0.25, -0.2) is 4.79 Å². The number of urea groups is 1.